The zero-order chi connectivity index (χ0) is 11.4. The van der Waals surface area contributed by atoms with E-state index in [9.17, 15) is 0 Å². The maximum Gasteiger partial charge on any atom is 0.192 e. The fourth-order valence-corrected chi connectivity index (χ4v) is 3.32. The lowest BCUT2D eigenvalue weighted by atomic mass is 9.69. The Morgan fingerprint density at radius 3 is 2.38 bits per heavy atom. The number of hydrogen-bond donors (Lipinski definition) is 1. The van der Waals surface area contributed by atoms with Crippen molar-refractivity contribution < 1.29 is 0 Å². The Kier molecular flexibility index (Phi) is 2.05. The lowest BCUT2D eigenvalue weighted by molar-refractivity contribution is 0.0786. The molecule has 2 N–H and O–H groups in total. The topological polar surface area (TPSA) is 41.6 Å². The van der Waals surface area contributed by atoms with Crippen LogP contribution in [0.25, 0.3) is 0 Å². The molecule has 90 valence electrons. The third kappa shape index (κ3) is 1.52. The van der Waals surface area contributed by atoms with Crippen LogP contribution in [0.1, 0.15) is 52.4 Å². The highest BCUT2D eigenvalue weighted by atomic mass is 15.4. The molecule has 0 aromatic heterocycles. The van der Waals surface area contributed by atoms with Gasteiger partial charge in [0.05, 0.1) is 12.1 Å². The molecule has 0 saturated heterocycles. The molecule has 0 amide bonds. The van der Waals surface area contributed by atoms with Gasteiger partial charge in [-0.3, -0.25) is 4.99 Å². The Balaban J connectivity index is 1.79. The monoisotopic (exact) mass is 221 g/mol. The van der Waals surface area contributed by atoms with Crippen molar-refractivity contribution in [2.75, 3.05) is 6.54 Å². The summed E-state index contributed by atoms with van der Waals surface area (Å²) in [6, 6.07) is 0.715. The van der Waals surface area contributed by atoms with Crippen molar-refractivity contribution in [3.8, 4) is 0 Å². The first-order valence-corrected chi connectivity index (χ1v) is 6.62. The maximum atomic E-state index is 6.07. The van der Waals surface area contributed by atoms with Gasteiger partial charge >= 0.3 is 0 Å². The minimum atomic E-state index is 0.306. The molecule has 3 nitrogen and oxygen atoms in total. The van der Waals surface area contributed by atoms with Crippen LogP contribution in [-0.4, -0.2) is 29.0 Å². The molecule has 0 aromatic rings. The average molecular weight is 221 g/mol. The first kappa shape index (κ1) is 10.4. The Bertz CT molecular complexity index is 318. The van der Waals surface area contributed by atoms with E-state index in [1.54, 1.807) is 0 Å². The normalized spacial score (nSPS) is 31.9. The fraction of sp³-hybridized carbons (Fsp3) is 0.923. The molecule has 0 aromatic carbocycles. The van der Waals surface area contributed by atoms with Crippen LogP contribution in [-0.2, 0) is 0 Å². The van der Waals surface area contributed by atoms with Crippen molar-refractivity contribution in [1.29, 1.82) is 0 Å². The first-order chi connectivity index (χ1) is 7.53. The van der Waals surface area contributed by atoms with Crippen LogP contribution in [0, 0.1) is 5.41 Å². The van der Waals surface area contributed by atoms with Crippen LogP contribution < -0.4 is 5.73 Å². The number of hydrogen-bond acceptors (Lipinski definition) is 3. The molecular weight excluding hydrogens is 198 g/mol. The SMILES string of the molecule is CC1(C)CCC2(CC1)CN=C(N)N2C1CC1. The predicted octanol–water partition coefficient (Wildman–Crippen LogP) is 2.12. The van der Waals surface area contributed by atoms with Gasteiger partial charge in [-0.1, -0.05) is 13.8 Å². The molecule has 2 aliphatic carbocycles. The maximum absolute atomic E-state index is 6.07. The lowest BCUT2D eigenvalue weighted by Crippen LogP contribution is -2.55. The largest absolute Gasteiger partial charge is 0.370 e. The quantitative estimate of drug-likeness (QED) is 0.737. The van der Waals surface area contributed by atoms with Gasteiger partial charge in [0.15, 0.2) is 5.96 Å². The number of nitrogens with zero attached hydrogens (tertiary/aromatic N) is 2. The van der Waals surface area contributed by atoms with E-state index in [0.717, 1.165) is 12.5 Å². The van der Waals surface area contributed by atoms with Crippen LogP contribution >= 0.6 is 0 Å². The van der Waals surface area contributed by atoms with Crippen LogP contribution in [0.3, 0.4) is 0 Å². The minimum absolute atomic E-state index is 0.306. The van der Waals surface area contributed by atoms with Crippen LogP contribution in [0.15, 0.2) is 4.99 Å². The third-order valence-electron chi connectivity index (χ3n) is 4.74. The standard InChI is InChI=1S/C13H23N3/c1-12(2)5-7-13(8-6-12)9-15-11(14)16(13)10-3-4-10/h10H,3-9H2,1-2H3,(H2,14,15). The van der Waals surface area contributed by atoms with Gasteiger partial charge in [-0.05, 0) is 43.9 Å². The van der Waals surface area contributed by atoms with Gasteiger partial charge in [0.1, 0.15) is 0 Å². The molecule has 16 heavy (non-hydrogen) atoms. The molecule has 1 aliphatic heterocycles. The molecule has 1 spiro atoms. The molecular formula is C13H23N3. The molecule has 2 fully saturated rings. The summed E-state index contributed by atoms with van der Waals surface area (Å²) in [4.78, 5) is 7.00. The summed E-state index contributed by atoms with van der Waals surface area (Å²) in [5, 5.41) is 0. The van der Waals surface area contributed by atoms with Crippen LogP contribution in [0.2, 0.25) is 0 Å². The van der Waals surface area contributed by atoms with Gasteiger partial charge in [0.2, 0.25) is 0 Å². The predicted molar refractivity (Wildman–Crippen MR) is 66.3 cm³/mol. The van der Waals surface area contributed by atoms with Crippen LogP contribution in [0.5, 0.6) is 0 Å². The Morgan fingerprint density at radius 1 is 1.19 bits per heavy atom. The number of nitrogens with two attached hydrogens (primary N) is 1. The van der Waals surface area contributed by atoms with Crippen molar-refractivity contribution in [2.45, 2.75) is 64.0 Å². The number of guanidine groups is 1. The third-order valence-corrected chi connectivity index (χ3v) is 4.74. The van der Waals surface area contributed by atoms with E-state index in [2.05, 4.69) is 23.7 Å². The zero-order valence-corrected chi connectivity index (χ0v) is 10.5. The summed E-state index contributed by atoms with van der Waals surface area (Å²) < 4.78 is 0. The second kappa shape index (κ2) is 3.14. The molecule has 2 saturated carbocycles. The van der Waals surface area contributed by atoms with Crippen molar-refractivity contribution in [2.24, 2.45) is 16.1 Å². The second-order valence-electron chi connectivity index (χ2n) is 6.66. The highest BCUT2D eigenvalue weighted by Crippen LogP contribution is 2.48. The highest BCUT2D eigenvalue weighted by molar-refractivity contribution is 5.81. The highest BCUT2D eigenvalue weighted by Gasteiger charge is 2.50. The van der Waals surface area contributed by atoms with Gasteiger partial charge in [-0.2, -0.15) is 0 Å². The first-order valence-electron chi connectivity index (χ1n) is 6.62. The van der Waals surface area contributed by atoms with E-state index in [1.807, 2.05) is 0 Å². The summed E-state index contributed by atoms with van der Waals surface area (Å²) in [6.07, 6.45) is 7.84. The fourth-order valence-electron chi connectivity index (χ4n) is 3.32. The van der Waals surface area contributed by atoms with E-state index in [-0.39, 0.29) is 0 Å². The second-order valence-corrected chi connectivity index (χ2v) is 6.66. The summed E-state index contributed by atoms with van der Waals surface area (Å²) in [5.74, 6) is 0.821. The molecule has 0 radical (unpaired) electrons. The smallest absolute Gasteiger partial charge is 0.192 e. The Morgan fingerprint density at radius 2 is 1.81 bits per heavy atom. The number of aliphatic imine (C=N–C) groups is 1. The summed E-state index contributed by atoms with van der Waals surface area (Å²) >= 11 is 0. The van der Waals surface area contributed by atoms with Crippen LogP contribution in [0.4, 0.5) is 0 Å². The molecule has 0 unspecified atom stereocenters. The summed E-state index contributed by atoms with van der Waals surface area (Å²) in [6.45, 7) is 5.73. The van der Waals surface area contributed by atoms with Gasteiger partial charge < -0.3 is 10.6 Å². The van der Waals surface area contributed by atoms with Gasteiger partial charge in [-0.15, -0.1) is 0 Å². The number of rotatable bonds is 1. The Labute approximate surface area is 98.1 Å². The van der Waals surface area contributed by atoms with Crippen molar-refractivity contribution in [3.05, 3.63) is 0 Å². The van der Waals surface area contributed by atoms with Crippen molar-refractivity contribution in [1.82, 2.24) is 4.90 Å². The molecule has 3 aliphatic rings. The van der Waals surface area contributed by atoms with E-state index in [4.69, 9.17) is 5.73 Å². The van der Waals surface area contributed by atoms with Gasteiger partial charge in [0.25, 0.3) is 0 Å². The molecule has 3 heteroatoms. The Hall–Kier alpha value is -0.730. The average Bonchev–Trinajstić information content (AvgIpc) is 2.99. The van der Waals surface area contributed by atoms with E-state index in [0.29, 0.717) is 17.0 Å². The minimum Gasteiger partial charge on any atom is -0.370 e. The molecule has 0 atom stereocenters. The van der Waals surface area contributed by atoms with Gasteiger partial charge in [-0.25, -0.2) is 0 Å². The van der Waals surface area contributed by atoms with Crippen molar-refractivity contribution >= 4 is 5.96 Å². The van der Waals surface area contributed by atoms with E-state index in [1.165, 1.54) is 38.5 Å². The summed E-state index contributed by atoms with van der Waals surface area (Å²) in [7, 11) is 0. The van der Waals surface area contributed by atoms with Gasteiger partial charge in [0, 0.05) is 6.04 Å². The van der Waals surface area contributed by atoms with Crippen molar-refractivity contribution in [3.63, 3.8) is 0 Å². The van der Waals surface area contributed by atoms with E-state index >= 15 is 0 Å². The van der Waals surface area contributed by atoms with E-state index < -0.39 is 0 Å². The zero-order valence-electron chi connectivity index (χ0n) is 10.5. The molecule has 0 bridgehead atoms. The lowest BCUT2D eigenvalue weighted by Gasteiger charge is -2.47. The summed E-state index contributed by atoms with van der Waals surface area (Å²) in [5.41, 5.74) is 6.90. The molecule has 1 heterocycles. The molecule has 3 rings (SSSR count).